The van der Waals surface area contributed by atoms with Crippen molar-refractivity contribution in [1.29, 1.82) is 0 Å². The largest absolute Gasteiger partial charge is 0.315 e. The van der Waals surface area contributed by atoms with Gasteiger partial charge >= 0.3 is 5.69 Å². The van der Waals surface area contributed by atoms with Gasteiger partial charge in [-0.05, 0) is 26.3 Å². The van der Waals surface area contributed by atoms with Crippen molar-refractivity contribution in [2.75, 3.05) is 13.1 Å². The SMILES string of the molecule is Cc1nn([C@H]2CCCNC2)cc1[N+](=O)[O-]. The molecular formula is C9H14N4O2. The van der Waals surface area contributed by atoms with Crippen LogP contribution in [0.3, 0.4) is 0 Å². The standard InChI is InChI=1S/C9H14N4O2/c1-7-9(13(14)15)6-12(11-7)8-3-2-4-10-5-8/h6,8,10H,2-5H2,1H3/t8-/m0/s1. The van der Waals surface area contributed by atoms with Crippen molar-refractivity contribution in [1.82, 2.24) is 15.1 Å². The Bertz CT molecular complexity index is 368. The van der Waals surface area contributed by atoms with Gasteiger partial charge in [0.15, 0.2) is 0 Å². The zero-order chi connectivity index (χ0) is 10.8. The predicted molar refractivity (Wildman–Crippen MR) is 54.8 cm³/mol. The molecule has 1 aliphatic rings. The summed E-state index contributed by atoms with van der Waals surface area (Å²) in [6.07, 6.45) is 3.66. The molecule has 1 aromatic heterocycles. The summed E-state index contributed by atoms with van der Waals surface area (Å²) in [6, 6.07) is 0.256. The van der Waals surface area contributed by atoms with Gasteiger partial charge in [0.05, 0.1) is 11.0 Å². The monoisotopic (exact) mass is 210 g/mol. The lowest BCUT2D eigenvalue weighted by molar-refractivity contribution is -0.385. The van der Waals surface area contributed by atoms with Crippen molar-refractivity contribution in [2.45, 2.75) is 25.8 Å². The Morgan fingerprint density at radius 1 is 1.73 bits per heavy atom. The van der Waals surface area contributed by atoms with Crippen LogP contribution >= 0.6 is 0 Å². The zero-order valence-corrected chi connectivity index (χ0v) is 8.64. The van der Waals surface area contributed by atoms with Crippen LogP contribution in [0.15, 0.2) is 6.20 Å². The number of hydrogen-bond donors (Lipinski definition) is 1. The van der Waals surface area contributed by atoms with Crippen molar-refractivity contribution in [3.05, 3.63) is 22.0 Å². The molecule has 1 atom stereocenters. The van der Waals surface area contributed by atoms with E-state index in [-0.39, 0.29) is 16.7 Å². The maximum atomic E-state index is 10.7. The Balaban J connectivity index is 2.21. The quantitative estimate of drug-likeness (QED) is 0.584. The van der Waals surface area contributed by atoms with Gasteiger partial charge in [0.2, 0.25) is 0 Å². The maximum Gasteiger partial charge on any atom is 0.309 e. The maximum absolute atomic E-state index is 10.7. The van der Waals surface area contributed by atoms with Crippen molar-refractivity contribution in [3.63, 3.8) is 0 Å². The minimum absolute atomic E-state index is 0.112. The fourth-order valence-corrected chi connectivity index (χ4v) is 1.90. The lowest BCUT2D eigenvalue weighted by atomic mass is 10.1. The van der Waals surface area contributed by atoms with Gasteiger partial charge in [-0.25, -0.2) is 0 Å². The fourth-order valence-electron chi connectivity index (χ4n) is 1.90. The number of rotatable bonds is 2. The van der Waals surface area contributed by atoms with Crippen molar-refractivity contribution in [2.24, 2.45) is 0 Å². The van der Waals surface area contributed by atoms with Crippen LogP contribution in [-0.2, 0) is 0 Å². The third kappa shape index (κ3) is 1.99. The van der Waals surface area contributed by atoms with E-state index in [1.807, 2.05) is 0 Å². The van der Waals surface area contributed by atoms with Crippen LogP contribution < -0.4 is 5.32 Å². The second-order valence-corrected chi connectivity index (χ2v) is 3.84. The first-order valence-corrected chi connectivity index (χ1v) is 5.09. The second kappa shape index (κ2) is 3.98. The second-order valence-electron chi connectivity index (χ2n) is 3.84. The summed E-state index contributed by atoms with van der Waals surface area (Å²) in [4.78, 5) is 10.3. The Kier molecular flexibility index (Phi) is 2.68. The summed E-state index contributed by atoms with van der Waals surface area (Å²) in [5.74, 6) is 0. The molecule has 0 saturated carbocycles. The van der Waals surface area contributed by atoms with E-state index >= 15 is 0 Å². The molecule has 0 unspecified atom stereocenters. The van der Waals surface area contributed by atoms with E-state index in [4.69, 9.17) is 0 Å². The lowest BCUT2D eigenvalue weighted by Gasteiger charge is -2.22. The van der Waals surface area contributed by atoms with Crippen LogP contribution in [0, 0.1) is 17.0 Å². The molecule has 2 rings (SSSR count). The zero-order valence-electron chi connectivity index (χ0n) is 8.64. The summed E-state index contributed by atoms with van der Waals surface area (Å²) in [5, 5.41) is 18.1. The molecule has 1 saturated heterocycles. The number of nitrogens with one attached hydrogen (secondary N) is 1. The van der Waals surface area contributed by atoms with E-state index < -0.39 is 0 Å². The molecule has 1 N–H and O–H groups in total. The number of aryl methyl sites for hydroxylation is 1. The van der Waals surface area contributed by atoms with Crippen molar-refractivity contribution < 1.29 is 4.92 Å². The van der Waals surface area contributed by atoms with E-state index in [0.29, 0.717) is 5.69 Å². The molecule has 6 heteroatoms. The highest BCUT2D eigenvalue weighted by atomic mass is 16.6. The van der Waals surface area contributed by atoms with Gasteiger partial charge < -0.3 is 5.32 Å². The molecule has 1 fully saturated rings. The summed E-state index contributed by atoms with van der Waals surface area (Å²) in [6.45, 7) is 3.54. The third-order valence-corrected chi connectivity index (χ3v) is 2.73. The highest BCUT2D eigenvalue weighted by Gasteiger charge is 2.21. The molecule has 82 valence electrons. The molecule has 2 heterocycles. The smallest absolute Gasteiger partial charge is 0.309 e. The Hall–Kier alpha value is -1.43. The molecular weight excluding hydrogens is 196 g/mol. The molecule has 1 aliphatic heterocycles. The lowest BCUT2D eigenvalue weighted by Crippen LogP contribution is -2.31. The fraction of sp³-hybridized carbons (Fsp3) is 0.667. The van der Waals surface area contributed by atoms with Gasteiger partial charge in [0.25, 0.3) is 0 Å². The van der Waals surface area contributed by atoms with Crippen molar-refractivity contribution >= 4 is 5.69 Å². The molecule has 0 aromatic carbocycles. The Morgan fingerprint density at radius 3 is 3.07 bits per heavy atom. The summed E-state index contributed by atoms with van der Waals surface area (Å²) < 4.78 is 1.72. The predicted octanol–water partition coefficient (Wildman–Crippen LogP) is 1.02. The summed E-state index contributed by atoms with van der Waals surface area (Å²) >= 11 is 0. The van der Waals surface area contributed by atoms with Crippen LogP contribution in [0.2, 0.25) is 0 Å². The van der Waals surface area contributed by atoms with E-state index in [1.54, 1.807) is 11.6 Å². The Morgan fingerprint density at radius 2 is 2.53 bits per heavy atom. The average Bonchev–Trinajstić information content (AvgIpc) is 2.62. The number of nitrogens with zero attached hydrogens (tertiary/aromatic N) is 3. The molecule has 1 aromatic rings. The number of hydrogen-bond acceptors (Lipinski definition) is 4. The number of aromatic nitrogens is 2. The highest BCUT2D eigenvalue weighted by molar-refractivity contribution is 5.31. The van der Waals surface area contributed by atoms with Crippen LogP contribution in [-0.4, -0.2) is 27.8 Å². The normalized spacial score (nSPS) is 21.5. The van der Waals surface area contributed by atoms with E-state index in [0.717, 1.165) is 25.9 Å². The van der Waals surface area contributed by atoms with Gasteiger partial charge in [-0.15, -0.1) is 0 Å². The van der Waals surface area contributed by atoms with E-state index in [9.17, 15) is 10.1 Å². The van der Waals surface area contributed by atoms with Crippen molar-refractivity contribution in [3.8, 4) is 0 Å². The molecule has 0 spiro atoms. The molecule has 0 amide bonds. The summed E-state index contributed by atoms with van der Waals surface area (Å²) in [5.41, 5.74) is 0.603. The molecule has 0 bridgehead atoms. The minimum Gasteiger partial charge on any atom is -0.315 e. The van der Waals surface area contributed by atoms with Gasteiger partial charge in [-0.1, -0.05) is 0 Å². The first-order chi connectivity index (χ1) is 7.18. The van der Waals surface area contributed by atoms with Crippen LogP contribution in [0.4, 0.5) is 5.69 Å². The van der Waals surface area contributed by atoms with Gasteiger partial charge in [0, 0.05) is 6.54 Å². The minimum atomic E-state index is -0.380. The average molecular weight is 210 g/mol. The van der Waals surface area contributed by atoms with Gasteiger partial charge in [-0.3, -0.25) is 14.8 Å². The van der Waals surface area contributed by atoms with E-state index in [1.165, 1.54) is 6.20 Å². The number of piperidine rings is 1. The third-order valence-electron chi connectivity index (χ3n) is 2.73. The van der Waals surface area contributed by atoms with Gasteiger partial charge in [-0.2, -0.15) is 5.10 Å². The molecule has 6 nitrogen and oxygen atoms in total. The molecule has 0 radical (unpaired) electrons. The Labute approximate surface area is 87.4 Å². The topological polar surface area (TPSA) is 73.0 Å². The van der Waals surface area contributed by atoms with Gasteiger partial charge in [0.1, 0.15) is 11.9 Å². The van der Waals surface area contributed by atoms with E-state index in [2.05, 4.69) is 10.4 Å². The first kappa shape index (κ1) is 10.1. The summed E-state index contributed by atoms with van der Waals surface area (Å²) in [7, 11) is 0. The molecule has 0 aliphatic carbocycles. The molecule has 15 heavy (non-hydrogen) atoms. The van der Waals surface area contributed by atoms with Crippen LogP contribution in [0.5, 0.6) is 0 Å². The first-order valence-electron chi connectivity index (χ1n) is 5.09. The van der Waals surface area contributed by atoms with Crippen LogP contribution in [0.1, 0.15) is 24.6 Å². The van der Waals surface area contributed by atoms with Crippen LogP contribution in [0.25, 0.3) is 0 Å². The number of nitro groups is 1. The highest BCUT2D eigenvalue weighted by Crippen LogP contribution is 2.21.